The Morgan fingerprint density at radius 3 is 2.75 bits per heavy atom. The van der Waals surface area contributed by atoms with Crippen molar-refractivity contribution in [2.45, 2.75) is 0 Å². The smallest absolute Gasteiger partial charge is 0.271 e. The number of non-ortho nitro benzene ring substituents is 1. The summed E-state index contributed by atoms with van der Waals surface area (Å²) < 4.78 is 0.452. The van der Waals surface area contributed by atoms with Gasteiger partial charge in [-0.15, -0.1) is 0 Å². The maximum absolute atomic E-state index is 10.7. The second-order valence-electron chi connectivity index (χ2n) is 2.96. The van der Waals surface area contributed by atoms with Crippen molar-refractivity contribution in [2.24, 2.45) is 0 Å². The Morgan fingerprint density at radius 2 is 2.12 bits per heavy atom. The first-order valence-corrected chi connectivity index (χ1v) is 5.23. The van der Waals surface area contributed by atoms with Crippen LogP contribution >= 0.6 is 27.5 Å². The highest BCUT2D eigenvalue weighted by Gasteiger charge is 2.14. The van der Waals surface area contributed by atoms with Gasteiger partial charge in [0.15, 0.2) is 0 Å². The number of benzene rings is 1. The highest BCUT2D eigenvalue weighted by atomic mass is 79.9. The predicted molar refractivity (Wildman–Crippen MR) is 63.3 cm³/mol. The number of halogens is 2. The molecule has 16 heavy (non-hydrogen) atoms. The molecule has 0 amide bonds. The quantitative estimate of drug-likeness (QED) is 0.496. The molecule has 0 atom stereocenters. The molecule has 1 aromatic carbocycles. The van der Waals surface area contributed by atoms with Gasteiger partial charge in [-0.3, -0.25) is 10.1 Å². The zero-order valence-corrected chi connectivity index (χ0v) is 9.99. The van der Waals surface area contributed by atoms with E-state index in [1.807, 2.05) is 0 Å². The second-order valence-corrected chi connectivity index (χ2v) is 4.15. The van der Waals surface area contributed by atoms with E-state index in [1.54, 1.807) is 0 Å². The number of fused-ring (bicyclic) bond motifs is 1. The van der Waals surface area contributed by atoms with Gasteiger partial charge in [0.05, 0.1) is 20.3 Å². The number of anilines is 1. The summed E-state index contributed by atoms with van der Waals surface area (Å²) in [6, 6.07) is 2.65. The van der Waals surface area contributed by atoms with Crippen LogP contribution in [0.2, 0.25) is 5.28 Å². The summed E-state index contributed by atoms with van der Waals surface area (Å²) in [5.74, 6) is 0.111. The standard InChI is InChI=1S/C8H4BrClN4O2/c9-5-2-3(14(15)16)1-4-6(5)12-8(10)13-7(4)11/h1-2H,(H2,11,12,13). The number of nitro benzene ring substituents is 1. The lowest BCUT2D eigenvalue weighted by atomic mass is 10.2. The second kappa shape index (κ2) is 3.84. The van der Waals surface area contributed by atoms with Crippen LogP contribution in [0, 0.1) is 10.1 Å². The largest absolute Gasteiger partial charge is 0.383 e. The van der Waals surface area contributed by atoms with Gasteiger partial charge in [-0.2, -0.15) is 0 Å². The zero-order valence-electron chi connectivity index (χ0n) is 7.65. The van der Waals surface area contributed by atoms with Crippen LogP contribution in [0.3, 0.4) is 0 Å². The molecule has 0 bridgehead atoms. The third-order valence-electron chi connectivity index (χ3n) is 1.95. The summed E-state index contributed by atoms with van der Waals surface area (Å²) in [6.07, 6.45) is 0. The summed E-state index contributed by atoms with van der Waals surface area (Å²) in [7, 11) is 0. The minimum Gasteiger partial charge on any atom is -0.383 e. The first kappa shape index (κ1) is 11.0. The van der Waals surface area contributed by atoms with Gasteiger partial charge < -0.3 is 5.73 Å². The van der Waals surface area contributed by atoms with Crippen LogP contribution in [0.4, 0.5) is 11.5 Å². The molecule has 2 N–H and O–H groups in total. The van der Waals surface area contributed by atoms with Crippen LogP contribution in [-0.4, -0.2) is 14.9 Å². The Kier molecular flexibility index (Phi) is 2.64. The van der Waals surface area contributed by atoms with E-state index in [1.165, 1.54) is 12.1 Å². The SMILES string of the molecule is Nc1nc(Cl)nc2c(Br)cc([N+](=O)[O-])cc12. The minimum absolute atomic E-state index is 0.000414. The number of nitrogens with two attached hydrogens (primary N) is 1. The van der Waals surface area contributed by atoms with Crippen molar-refractivity contribution in [3.63, 3.8) is 0 Å². The molecule has 0 saturated carbocycles. The predicted octanol–water partition coefficient (Wildman–Crippen LogP) is 2.54. The normalized spacial score (nSPS) is 10.6. The van der Waals surface area contributed by atoms with Crippen LogP contribution in [0.25, 0.3) is 10.9 Å². The zero-order chi connectivity index (χ0) is 11.9. The van der Waals surface area contributed by atoms with Crippen LogP contribution in [0.15, 0.2) is 16.6 Å². The van der Waals surface area contributed by atoms with Crippen LogP contribution in [0.1, 0.15) is 0 Å². The average molecular weight is 304 g/mol. The molecule has 82 valence electrons. The van der Waals surface area contributed by atoms with Crippen molar-refractivity contribution in [1.82, 2.24) is 9.97 Å². The fourth-order valence-electron chi connectivity index (χ4n) is 1.28. The van der Waals surface area contributed by atoms with E-state index in [4.69, 9.17) is 17.3 Å². The van der Waals surface area contributed by atoms with Gasteiger partial charge in [0, 0.05) is 12.1 Å². The number of hydrogen-bond donors (Lipinski definition) is 1. The van der Waals surface area contributed by atoms with Gasteiger partial charge in [-0.25, -0.2) is 9.97 Å². The molecule has 0 spiro atoms. The molecule has 2 rings (SSSR count). The molecular weight excluding hydrogens is 299 g/mol. The van der Waals surface area contributed by atoms with Crippen LogP contribution < -0.4 is 5.73 Å². The number of rotatable bonds is 1. The third kappa shape index (κ3) is 1.79. The Bertz CT molecular complexity index is 604. The first-order valence-electron chi connectivity index (χ1n) is 4.05. The topological polar surface area (TPSA) is 94.9 Å². The molecule has 6 nitrogen and oxygen atoms in total. The third-order valence-corrected chi connectivity index (χ3v) is 2.73. The van der Waals surface area contributed by atoms with Gasteiger partial charge in [-0.05, 0) is 27.5 Å². The van der Waals surface area contributed by atoms with E-state index >= 15 is 0 Å². The molecule has 0 aliphatic carbocycles. The fourth-order valence-corrected chi connectivity index (χ4v) is 1.99. The van der Waals surface area contributed by atoms with E-state index in [-0.39, 0.29) is 16.8 Å². The number of aromatic nitrogens is 2. The van der Waals surface area contributed by atoms with Gasteiger partial charge in [0.1, 0.15) is 5.82 Å². The molecule has 0 unspecified atom stereocenters. The lowest BCUT2D eigenvalue weighted by Crippen LogP contribution is -1.97. The maximum atomic E-state index is 10.7. The molecule has 1 heterocycles. The number of hydrogen-bond acceptors (Lipinski definition) is 5. The summed E-state index contributed by atoms with van der Waals surface area (Å²) in [5, 5.41) is 11.0. The summed E-state index contributed by atoms with van der Waals surface area (Å²) >= 11 is 8.82. The summed E-state index contributed by atoms with van der Waals surface area (Å²) in [5.41, 5.74) is 5.98. The Labute approximate surface area is 103 Å². The number of nitrogen functional groups attached to an aromatic ring is 1. The molecule has 8 heteroatoms. The van der Waals surface area contributed by atoms with Crippen molar-refractivity contribution in [1.29, 1.82) is 0 Å². The van der Waals surface area contributed by atoms with Crippen LogP contribution in [-0.2, 0) is 0 Å². The molecule has 0 fully saturated rings. The van der Waals surface area contributed by atoms with E-state index in [9.17, 15) is 10.1 Å². The van der Waals surface area contributed by atoms with Crippen molar-refractivity contribution < 1.29 is 4.92 Å². The molecule has 0 saturated heterocycles. The maximum Gasteiger partial charge on any atom is 0.271 e. The highest BCUT2D eigenvalue weighted by Crippen LogP contribution is 2.31. The van der Waals surface area contributed by atoms with Gasteiger partial charge in [-0.1, -0.05) is 0 Å². The van der Waals surface area contributed by atoms with Crippen molar-refractivity contribution in [3.05, 3.63) is 32.0 Å². The van der Waals surface area contributed by atoms with E-state index in [2.05, 4.69) is 25.9 Å². The van der Waals surface area contributed by atoms with Crippen LogP contribution in [0.5, 0.6) is 0 Å². The molecule has 0 radical (unpaired) electrons. The Morgan fingerprint density at radius 1 is 1.44 bits per heavy atom. The monoisotopic (exact) mass is 302 g/mol. The summed E-state index contributed by atoms with van der Waals surface area (Å²) in [4.78, 5) is 17.8. The molecular formula is C8H4BrClN4O2. The number of nitro groups is 1. The lowest BCUT2D eigenvalue weighted by Gasteiger charge is -2.03. The first-order chi connectivity index (χ1) is 7.49. The molecule has 0 aliphatic rings. The lowest BCUT2D eigenvalue weighted by molar-refractivity contribution is -0.384. The minimum atomic E-state index is -0.516. The van der Waals surface area contributed by atoms with Gasteiger partial charge in [0.25, 0.3) is 5.69 Å². The summed E-state index contributed by atoms with van der Waals surface area (Å²) in [6.45, 7) is 0. The molecule has 1 aromatic heterocycles. The number of nitrogens with zero attached hydrogens (tertiary/aromatic N) is 3. The van der Waals surface area contributed by atoms with E-state index in [0.717, 1.165) is 0 Å². The fraction of sp³-hybridized carbons (Fsp3) is 0. The molecule has 0 aliphatic heterocycles. The molecule has 2 aromatic rings. The van der Waals surface area contributed by atoms with Gasteiger partial charge >= 0.3 is 0 Å². The highest BCUT2D eigenvalue weighted by molar-refractivity contribution is 9.10. The van der Waals surface area contributed by atoms with Gasteiger partial charge in [0.2, 0.25) is 5.28 Å². The van der Waals surface area contributed by atoms with Crippen molar-refractivity contribution in [2.75, 3.05) is 5.73 Å². The van der Waals surface area contributed by atoms with Crippen molar-refractivity contribution in [3.8, 4) is 0 Å². The van der Waals surface area contributed by atoms with E-state index < -0.39 is 4.92 Å². The Hall–Kier alpha value is -1.47. The average Bonchev–Trinajstić information content (AvgIpc) is 2.19. The van der Waals surface area contributed by atoms with E-state index in [0.29, 0.717) is 15.4 Å². The Balaban J connectivity index is 2.87. The van der Waals surface area contributed by atoms with Crippen molar-refractivity contribution >= 4 is 49.9 Å².